The molecule has 0 heterocycles. The third-order valence-electron chi connectivity index (χ3n) is 3.02. The molecular weight excluding hydrogens is 242 g/mol. The SMILES string of the molecule is CC[C@@H](NC(=O)c1ccc(C(C)(C)C)cc1)C(=O)O. The van der Waals surface area contributed by atoms with Gasteiger partial charge in [0.25, 0.3) is 5.91 Å². The van der Waals surface area contributed by atoms with Crippen LogP contribution in [0.25, 0.3) is 0 Å². The molecule has 0 aliphatic heterocycles. The number of carboxylic acids is 1. The predicted octanol–water partition coefficient (Wildman–Crippen LogP) is 2.58. The zero-order valence-corrected chi connectivity index (χ0v) is 11.9. The smallest absolute Gasteiger partial charge is 0.326 e. The third kappa shape index (κ3) is 4.09. The van der Waals surface area contributed by atoms with Gasteiger partial charge in [-0.2, -0.15) is 0 Å². The molecule has 104 valence electrons. The molecule has 1 aromatic rings. The van der Waals surface area contributed by atoms with E-state index >= 15 is 0 Å². The van der Waals surface area contributed by atoms with Crippen molar-refractivity contribution in [3.8, 4) is 0 Å². The van der Waals surface area contributed by atoms with Gasteiger partial charge < -0.3 is 10.4 Å². The highest BCUT2D eigenvalue weighted by molar-refractivity contribution is 5.96. The zero-order chi connectivity index (χ0) is 14.6. The fraction of sp³-hybridized carbons (Fsp3) is 0.467. The Morgan fingerprint density at radius 2 is 1.74 bits per heavy atom. The number of nitrogens with one attached hydrogen (secondary N) is 1. The number of carbonyl (C=O) groups is 2. The first kappa shape index (κ1) is 15.2. The predicted molar refractivity (Wildman–Crippen MR) is 74.3 cm³/mol. The molecule has 1 atom stereocenters. The maximum atomic E-state index is 11.9. The molecule has 0 radical (unpaired) electrons. The van der Waals surface area contributed by atoms with Gasteiger partial charge in [-0.3, -0.25) is 4.79 Å². The number of amides is 1. The lowest BCUT2D eigenvalue weighted by molar-refractivity contribution is -0.139. The summed E-state index contributed by atoms with van der Waals surface area (Å²) in [5.41, 5.74) is 1.64. The Labute approximate surface area is 113 Å². The van der Waals surface area contributed by atoms with Crippen LogP contribution >= 0.6 is 0 Å². The van der Waals surface area contributed by atoms with Crippen molar-refractivity contribution in [2.24, 2.45) is 0 Å². The van der Waals surface area contributed by atoms with Crippen molar-refractivity contribution in [2.45, 2.75) is 45.6 Å². The first-order valence-corrected chi connectivity index (χ1v) is 6.40. The Morgan fingerprint density at radius 3 is 2.11 bits per heavy atom. The normalized spacial score (nSPS) is 12.8. The molecule has 2 N–H and O–H groups in total. The van der Waals surface area contributed by atoms with E-state index in [1.807, 2.05) is 12.1 Å². The quantitative estimate of drug-likeness (QED) is 0.877. The monoisotopic (exact) mass is 263 g/mol. The molecule has 0 saturated heterocycles. The van der Waals surface area contributed by atoms with E-state index in [9.17, 15) is 9.59 Å². The topological polar surface area (TPSA) is 66.4 Å². The van der Waals surface area contributed by atoms with Gasteiger partial charge >= 0.3 is 5.97 Å². The number of rotatable bonds is 4. The van der Waals surface area contributed by atoms with E-state index in [-0.39, 0.29) is 11.3 Å². The zero-order valence-electron chi connectivity index (χ0n) is 11.9. The summed E-state index contributed by atoms with van der Waals surface area (Å²) in [5, 5.41) is 11.4. The van der Waals surface area contributed by atoms with Gasteiger partial charge in [-0.15, -0.1) is 0 Å². The summed E-state index contributed by atoms with van der Waals surface area (Å²) in [6, 6.07) is 6.41. The average molecular weight is 263 g/mol. The maximum absolute atomic E-state index is 11.9. The molecule has 1 amide bonds. The van der Waals surface area contributed by atoms with Gasteiger partial charge in [0.05, 0.1) is 0 Å². The van der Waals surface area contributed by atoms with Gasteiger partial charge in [0.15, 0.2) is 0 Å². The minimum Gasteiger partial charge on any atom is -0.480 e. The Kier molecular flexibility index (Phi) is 4.70. The molecule has 1 rings (SSSR count). The van der Waals surface area contributed by atoms with Crippen LogP contribution in [0.4, 0.5) is 0 Å². The Hall–Kier alpha value is -1.84. The van der Waals surface area contributed by atoms with E-state index in [1.54, 1.807) is 19.1 Å². The molecule has 4 nitrogen and oxygen atoms in total. The summed E-state index contributed by atoms with van der Waals surface area (Å²) in [5.74, 6) is -1.36. The highest BCUT2D eigenvalue weighted by Gasteiger charge is 2.19. The molecule has 0 aromatic heterocycles. The molecule has 0 unspecified atom stereocenters. The van der Waals surface area contributed by atoms with Crippen LogP contribution in [-0.4, -0.2) is 23.0 Å². The molecule has 0 bridgehead atoms. The number of carbonyl (C=O) groups excluding carboxylic acids is 1. The van der Waals surface area contributed by atoms with Crippen molar-refractivity contribution in [3.05, 3.63) is 35.4 Å². The number of benzene rings is 1. The van der Waals surface area contributed by atoms with Crippen LogP contribution in [0.15, 0.2) is 24.3 Å². The van der Waals surface area contributed by atoms with Gasteiger partial charge in [-0.25, -0.2) is 4.79 Å². The summed E-state index contributed by atoms with van der Waals surface area (Å²) in [7, 11) is 0. The van der Waals surface area contributed by atoms with Gasteiger partial charge in [0, 0.05) is 5.56 Å². The van der Waals surface area contributed by atoms with Crippen LogP contribution in [0, 0.1) is 0 Å². The van der Waals surface area contributed by atoms with E-state index in [4.69, 9.17) is 5.11 Å². The maximum Gasteiger partial charge on any atom is 0.326 e. The average Bonchev–Trinajstić information content (AvgIpc) is 2.34. The van der Waals surface area contributed by atoms with Crippen LogP contribution in [0.3, 0.4) is 0 Å². The molecule has 0 fully saturated rings. The molecule has 4 heteroatoms. The van der Waals surface area contributed by atoms with Gasteiger partial charge in [0.2, 0.25) is 0 Å². The Bertz CT molecular complexity index is 457. The fourth-order valence-corrected chi connectivity index (χ4v) is 1.70. The number of hydrogen-bond acceptors (Lipinski definition) is 2. The van der Waals surface area contributed by atoms with Crippen LogP contribution in [0.2, 0.25) is 0 Å². The second-order valence-electron chi connectivity index (χ2n) is 5.60. The molecule has 0 spiro atoms. The number of hydrogen-bond donors (Lipinski definition) is 2. The van der Waals surface area contributed by atoms with Crippen molar-refractivity contribution in [1.29, 1.82) is 0 Å². The minimum atomic E-state index is -1.01. The summed E-state index contributed by atoms with van der Waals surface area (Å²) in [4.78, 5) is 22.8. The van der Waals surface area contributed by atoms with Crippen LogP contribution in [-0.2, 0) is 10.2 Å². The second kappa shape index (κ2) is 5.87. The van der Waals surface area contributed by atoms with Crippen LogP contribution in [0.1, 0.15) is 50.0 Å². The molecule has 0 aliphatic carbocycles. The van der Waals surface area contributed by atoms with Crippen molar-refractivity contribution in [1.82, 2.24) is 5.32 Å². The minimum absolute atomic E-state index is 0.0298. The largest absolute Gasteiger partial charge is 0.480 e. The third-order valence-corrected chi connectivity index (χ3v) is 3.02. The van der Waals surface area contributed by atoms with Gasteiger partial charge in [-0.05, 0) is 29.5 Å². The lowest BCUT2D eigenvalue weighted by atomic mass is 9.86. The number of aliphatic carboxylic acids is 1. The van der Waals surface area contributed by atoms with Crippen molar-refractivity contribution in [2.75, 3.05) is 0 Å². The summed E-state index contributed by atoms with van der Waals surface area (Å²) in [6.07, 6.45) is 0.362. The first-order chi connectivity index (χ1) is 8.75. The molecule has 0 saturated carbocycles. The molecule has 0 aliphatic rings. The second-order valence-corrected chi connectivity index (χ2v) is 5.60. The van der Waals surface area contributed by atoms with Crippen molar-refractivity contribution < 1.29 is 14.7 Å². The summed E-state index contributed by atoms with van der Waals surface area (Å²) in [6.45, 7) is 8.01. The van der Waals surface area contributed by atoms with E-state index in [1.165, 1.54) is 0 Å². The van der Waals surface area contributed by atoms with Crippen molar-refractivity contribution in [3.63, 3.8) is 0 Å². The lowest BCUT2D eigenvalue weighted by Gasteiger charge is -2.19. The lowest BCUT2D eigenvalue weighted by Crippen LogP contribution is -2.40. The fourth-order valence-electron chi connectivity index (χ4n) is 1.70. The van der Waals surface area contributed by atoms with Gasteiger partial charge in [0.1, 0.15) is 6.04 Å². The van der Waals surface area contributed by atoms with Crippen LogP contribution in [0.5, 0.6) is 0 Å². The summed E-state index contributed by atoms with van der Waals surface area (Å²) < 4.78 is 0. The summed E-state index contributed by atoms with van der Waals surface area (Å²) >= 11 is 0. The molecular formula is C15H21NO3. The van der Waals surface area contributed by atoms with E-state index in [0.29, 0.717) is 12.0 Å². The van der Waals surface area contributed by atoms with E-state index in [2.05, 4.69) is 26.1 Å². The standard InChI is InChI=1S/C15H21NO3/c1-5-12(14(18)19)16-13(17)10-6-8-11(9-7-10)15(2,3)4/h6-9,12H,5H2,1-4H3,(H,16,17)(H,18,19)/t12-/m1/s1. The van der Waals surface area contributed by atoms with Gasteiger partial charge in [-0.1, -0.05) is 39.8 Å². The molecule has 1 aromatic carbocycles. The van der Waals surface area contributed by atoms with Crippen molar-refractivity contribution >= 4 is 11.9 Å². The van der Waals surface area contributed by atoms with E-state index < -0.39 is 12.0 Å². The highest BCUT2D eigenvalue weighted by Crippen LogP contribution is 2.22. The van der Waals surface area contributed by atoms with E-state index in [0.717, 1.165) is 5.56 Å². The Morgan fingerprint density at radius 1 is 1.21 bits per heavy atom. The van der Waals surface area contributed by atoms with Crippen LogP contribution < -0.4 is 5.32 Å². The highest BCUT2D eigenvalue weighted by atomic mass is 16.4. The molecule has 19 heavy (non-hydrogen) atoms. The Balaban J connectivity index is 2.81. The number of carboxylic acid groups (broad SMARTS) is 1. The first-order valence-electron chi connectivity index (χ1n) is 6.40.